The molecule has 3 aromatic rings. The maximum absolute atomic E-state index is 13.1. The van der Waals surface area contributed by atoms with Gasteiger partial charge in [0, 0.05) is 37.6 Å². The summed E-state index contributed by atoms with van der Waals surface area (Å²) < 4.78 is 7.14. The Morgan fingerprint density at radius 3 is 2.74 bits per heavy atom. The summed E-state index contributed by atoms with van der Waals surface area (Å²) in [5, 5.41) is 9.91. The molecule has 0 spiro atoms. The van der Waals surface area contributed by atoms with Crippen molar-refractivity contribution in [1.82, 2.24) is 24.8 Å². The van der Waals surface area contributed by atoms with Gasteiger partial charge >= 0.3 is 0 Å². The predicted molar refractivity (Wildman–Crippen MR) is 102 cm³/mol. The molecule has 7 nitrogen and oxygen atoms in total. The van der Waals surface area contributed by atoms with Crippen LogP contribution in [0.1, 0.15) is 66.0 Å². The first-order valence-electron chi connectivity index (χ1n) is 9.50. The van der Waals surface area contributed by atoms with E-state index in [0.29, 0.717) is 30.3 Å². The lowest BCUT2D eigenvalue weighted by atomic mass is 9.91. The van der Waals surface area contributed by atoms with E-state index in [2.05, 4.69) is 16.2 Å². The fraction of sp³-hybridized carbons (Fsp3) is 0.500. The number of piperidine rings is 1. The summed E-state index contributed by atoms with van der Waals surface area (Å²) in [5.74, 6) is 1.14. The Balaban J connectivity index is 1.52. The SMILES string of the molecule is Cc1onc(C(C)C)c1C(=O)N1CCC(c2nn(C)c3ncccc23)CC1. The van der Waals surface area contributed by atoms with Gasteiger partial charge < -0.3 is 9.42 Å². The number of aromatic nitrogens is 4. The van der Waals surface area contributed by atoms with E-state index in [1.54, 1.807) is 6.20 Å². The molecule has 1 saturated heterocycles. The van der Waals surface area contributed by atoms with Crippen molar-refractivity contribution in [2.75, 3.05) is 13.1 Å². The van der Waals surface area contributed by atoms with Crippen LogP contribution in [0.3, 0.4) is 0 Å². The molecule has 3 aromatic heterocycles. The summed E-state index contributed by atoms with van der Waals surface area (Å²) in [6.45, 7) is 7.29. The molecule has 1 fully saturated rings. The molecule has 1 amide bonds. The number of likely N-dealkylation sites (tertiary alicyclic amines) is 1. The molecule has 0 aromatic carbocycles. The number of amides is 1. The summed E-state index contributed by atoms with van der Waals surface area (Å²) in [6, 6.07) is 4.03. The van der Waals surface area contributed by atoms with Crippen LogP contribution in [0.4, 0.5) is 0 Å². The Morgan fingerprint density at radius 1 is 1.30 bits per heavy atom. The van der Waals surface area contributed by atoms with Gasteiger partial charge in [0.1, 0.15) is 11.3 Å². The van der Waals surface area contributed by atoms with Crippen molar-refractivity contribution in [2.45, 2.75) is 45.4 Å². The van der Waals surface area contributed by atoms with Crippen molar-refractivity contribution in [2.24, 2.45) is 7.05 Å². The summed E-state index contributed by atoms with van der Waals surface area (Å²) in [7, 11) is 1.93. The molecule has 0 saturated carbocycles. The van der Waals surface area contributed by atoms with Gasteiger partial charge in [0.05, 0.1) is 11.4 Å². The summed E-state index contributed by atoms with van der Waals surface area (Å²) >= 11 is 0. The van der Waals surface area contributed by atoms with Gasteiger partial charge in [-0.05, 0) is 37.8 Å². The van der Waals surface area contributed by atoms with E-state index in [1.807, 2.05) is 43.5 Å². The number of carbonyl (C=O) groups excluding carboxylic acids is 1. The number of rotatable bonds is 3. The maximum atomic E-state index is 13.1. The summed E-state index contributed by atoms with van der Waals surface area (Å²) in [5.41, 5.74) is 3.39. The molecule has 0 aliphatic carbocycles. The standard InChI is InChI=1S/C20H25N5O2/c1-12(2)17-16(13(3)27-23-17)20(26)25-10-7-14(8-11-25)18-15-6-5-9-21-19(15)24(4)22-18/h5-6,9,12,14H,7-8,10-11H2,1-4H3. The second-order valence-electron chi connectivity index (χ2n) is 7.60. The van der Waals surface area contributed by atoms with E-state index < -0.39 is 0 Å². The normalized spacial score (nSPS) is 15.8. The van der Waals surface area contributed by atoms with Gasteiger partial charge in [-0.1, -0.05) is 19.0 Å². The predicted octanol–water partition coefficient (Wildman–Crippen LogP) is 3.41. The zero-order chi connectivity index (χ0) is 19.1. The Bertz CT molecular complexity index is 980. The second-order valence-corrected chi connectivity index (χ2v) is 7.60. The van der Waals surface area contributed by atoms with Crippen LogP contribution >= 0.6 is 0 Å². The van der Waals surface area contributed by atoms with Crippen LogP contribution in [-0.2, 0) is 7.05 Å². The third-order valence-corrected chi connectivity index (χ3v) is 5.45. The molecule has 142 valence electrons. The molecule has 1 aliphatic heterocycles. The summed E-state index contributed by atoms with van der Waals surface area (Å²) in [4.78, 5) is 19.4. The highest BCUT2D eigenvalue weighted by molar-refractivity contribution is 5.96. The van der Waals surface area contributed by atoms with Crippen LogP contribution < -0.4 is 0 Å². The van der Waals surface area contributed by atoms with E-state index >= 15 is 0 Å². The van der Waals surface area contributed by atoms with Crippen molar-refractivity contribution in [3.05, 3.63) is 41.0 Å². The van der Waals surface area contributed by atoms with Crippen LogP contribution in [0.25, 0.3) is 11.0 Å². The van der Waals surface area contributed by atoms with Crippen molar-refractivity contribution in [3.8, 4) is 0 Å². The maximum Gasteiger partial charge on any atom is 0.259 e. The largest absolute Gasteiger partial charge is 0.361 e. The van der Waals surface area contributed by atoms with Gasteiger partial charge in [0.15, 0.2) is 5.65 Å². The van der Waals surface area contributed by atoms with E-state index in [1.165, 1.54) is 0 Å². The molecule has 1 aliphatic rings. The van der Waals surface area contributed by atoms with E-state index in [0.717, 1.165) is 35.3 Å². The fourth-order valence-electron chi connectivity index (χ4n) is 3.98. The van der Waals surface area contributed by atoms with Crippen molar-refractivity contribution in [1.29, 1.82) is 0 Å². The highest BCUT2D eigenvalue weighted by atomic mass is 16.5. The Kier molecular flexibility index (Phi) is 4.45. The molecule has 7 heteroatoms. The minimum Gasteiger partial charge on any atom is -0.361 e. The minimum atomic E-state index is 0.0310. The zero-order valence-corrected chi connectivity index (χ0v) is 16.3. The molecule has 0 atom stereocenters. The number of nitrogens with zero attached hydrogens (tertiary/aromatic N) is 5. The molecule has 4 heterocycles. The third-order valence-electron chi connectivity index (χ3n) is 5.45. The zero-order valence-electron chi connectivity index (χ0n) is 16.3. The quantitative estimate of drug-likeness (QED) is 0.709. The van der Waals surface area contributed by atoms with Gasteiger partial charge in [0.25, 0.3) is 5.91 Å². The number of fused-ring (bicyclic) bond motifs is 1. The number of hydrogen-bond donors (Lipinski definition) is 0. The highest BCUT2D eigenvalue weighted by Crippen LogP contribution is 2.33. The lowest BCUT2D eigenvalue weighted by molar-refractivity contribution is 0.0709. The third kappa shape index (κ3) is 3.01. The lowest BCUT2D eigenvalue weighted by Gasteiger charge is -2.31. The average Bonchev–Trinajstić information content (AvgIpc) is 3.22. The molecule has 0 N–H and O–H groups in total. The first kappa shape index (κ1) is 17.7. The fourth-order valence-corrected chi connectivity index (χ4v) is 3.98. The van der Waals surface area contributed by atoms with E-state index in [-0.39, 0.29) is 11.8 Å². The van der Waals surface area contributed by atoms with Gasteiger partial charge in [0.2, 0.25) is 0 Å². The Hall–Kier alpha value is -2.70. The van der Waals surface area contributed by atoms with Gasteiger partial charge in [-0.2, -0.15) is 5.10 Å². The molecular formula is C20H25N5O2. The second kappa shape index (κ2) is 6.79. The number of aryl methyl sites for hydroxylation is 2. The average molecular weight is 367 g/mol. The minimum absolute atomic E-state index is 0.0310. The van der Waals surface area contributed by atoms with Crippen LogP contribution in [0.15, 0.2) is 22.9 Å². The number of pyridine rings is 1. The lowest BCUT2D eigenvalue weighted by Crippen LogP contribution is -2.38. The monoisotopic (exact) mass is 367 g/mol. The van der Waals surface area contributed by atoms with Gasteiger partial charge in [-0.25, -0.2) is 4.98 Å². The first-order valence-corrected chi connectivity index (χ1v) is 9.50. The Morgan fingerprint density at radius 2 is 2.04 bits per heavy atom. The smallest absolute Gasteiger partial charge is 0.259 e. The van der Waals surface area contributed by atoms with Gasteiger partial charge in [-0.15, -0.1) is 0 Å². The van der Waals surface area contributed by atoms with Crippen LogP contribution in [0, 0.1) is 6.92 Å². The van der Waals surface area contributed by atoms with Crippen LogP contribution in [0.2, 0.25) is 0 Å². The highest BCUT2D eigenvalue weighted by Gasteiger charge is 2.31. The number of carbonyl (C=O) groups is 1. The van der Waals surface area contributed by atoms with Gasteiger partial charge in [-0.3, -0.25) is 9.48 Å². The summed E-state index contributed by atoms with van der Waals surface area (Å²) in [6.07, 6.45) is 3.59. The van der Waals surface area contributed by atoms with E-state index in [9.17, 15) is 4.79 Å². The van der Waals surface area contributed by atoms with Crippen molar-refractivity contribution < 1.29 is 9.32 Å². The molecule has 0 radical (unpaired) electrons. The topological polar surface area (TPSA) is 77.0 Å². The molecular weight excluding hydrogens is 342 g/mol. The first-order chi connectivity index (χ1) is 13.0. The Labute approximate surface area is 158 Å². The van der Waals surface area contributed by atoms with Crippen molar-refractivity contribution >= 4 is 16.9 Å². The number of hydrogen-bond acceptors (Lipinski definition) is 5. The van der Waals surface area contributed by atoms with Crippen molar-refractivity contribution in [3.63, 3.8) is 0 Å². The van der Waals surface area contributed by atoms with Crippen LogP contribution in [-0.4, -0.2) is 43.8 Å². The molecule has 0 unspecified atom stereocenters. The van der Waals surface area contributed by atoms with E-state index in [4.69, 9.17) is 9.62 Å². The molecule has 0 bridgehead atoms. The molecule has 4 rings (SSSR count). The molecule has 27 heavy (non-hydrogen) atoms. The van der Waals surface area contributed by atoms with Crippen LogP contribution in [0.5, 0.6) is 0 Å².